The number of sulfone groups is 1. The molecule has 8 aliphatic carbocycles. The summed E-state index contributed by atoms with van der Waals surface area (Å²) in [6.07, 6.45) is 27.1. The Morgan fingerprint density at radius 3 is 1.56 bits per heavy atom. The zero-order valence-electron chi connectivity index (χ0n) is 38.2. The van der Waals surface area contributed by atoms with Gasteiger partial charge in [0.15, 0.2) is 15.6 Å². The van der Waals surface area contributed by atoms with Gasteiger partial charge in [-0.3, -0.25) is 14.3 Å². The lowest BCUT2D eigenvalue weighted by molar-refractivity contribution is -0.158. The first kappa shape index (κ1) is 47.9. The predicted molar refractivity (Wildman–Crippen MR) is 247 cm³/mol. The minimum atomic E-state index is -3.32. The molecule has 10 heteroatoms. The lowest BCUT2D eigenvalue weighted by Gasteiger charge is -2.63. The predicted octanol–water partition coefficient (Wildman–Crippen LogP) is 11.0. The number of aliphatic hydroxyl groups is 2. The van der Waals surface area contributed by atoms with Crippen molar-refractivity contribution in [2.45, 2.75) is 200 Å². The average Bonchev–Trinajstić information content (AvgIpc) is 3.92. The molecule has 2 N–H and O–H groups in total. The number of ketones is 2. The van der Waals surface area contributed by atoms with E-state index in [4.69, 9.17) is 0 Å². The fourth-order valence-electron chi connectivity index (χ4n) is 17.9. The molecule has 0 amide bonds. The van der Waals surface area contributed by atoms with Crippen LogP contribution in [0.3, 0.4) is 0 Å². The molecule has 0 aliphatic heterocycles. The summed E-state index contributed by atoms with van der Waals surface area (Å²) >= 11 is 3.44. The summed E-state index contributed by atoms with van der Waals surface area (Å²) in [6.45, 7) is 13.8. The lowest BCUT2D eigenvalue weighted by atomic mass is 9.42. The van der Waals surface area contributed by atoms with E-state index in [1.54, 1.807) is 0 Å². The van der Waals surface area contributed by atoms with Gasteiger partial charge in [0.1, 0.15) is 10.7 Å². The number of nitrogens with zero attached hydrogens (tertiary/aromatic N) is 2. The molecule has 8 aliphatic rings. The SMILES string of the molecule is C.CC[C@]12CC[C@@](C)(O)C[C@@H]1CC[C@H]1[C@@H]3CC[C@H](C(=O)CBr)[C@@]3(C)CC[C@@H]12.CC[C@]12CC[C@@](C)(O)C[C@@H]1CC[C@H]1[C@@H]3CC[C@H](C(=O)Cn4cc(S(C)(=O)=O)cn4)[C@@]3(C)CC[C@@H]12. The number of carbonyl (C=O) groups excluding carboxylic acids is 2. The number of hydrogen-bond acceptors (Lipinski definition) is 7. The van der Waals surface area contributed by atoms with Gasteiger partial charge in [0, 0.05) is 24.3 Å². The highest BCUT2D eigenvalue weighted by Crippen LogP contribution is 2.71. The zero-order valence-corrected chi connectivity index (χ0v) is 40.6. The van der Waals surface area contributed by atoms with Crippen LogP contribution in [0.4, 0.5) is 0 Å². The van der Waals surface area contributed by atoms with E-state index in [0.29, 0.717) is 45.6 Å². The van der Waals surface area contributed by atoms with Crippen LogP contribution in [0.5, 0.6) is 0 Å². The zero-order chi connectivity index (χ0) is 43.3. The third kappa shape index (κ3) is 8.05. The van der Waals surface area contributed by atoms with Crippen LogP contribution in [0.25, 0.3) is 0 Å². The smallest absolute Gasteiger partial charge is 0.178 e. The summed E-state index contributed by atoms with van der Waals surface area (Å²) < 4.78 is 25.1. The number of alkyl halides is 1. The molecule has 0 spiro atoms. The lowest BCUT2D eigenvalue weighted by Crippen LogP contribution is -2.56. The van der Waals surface area contributed by atoms with Gasteiger partial charge < -0.3 is 10.2 Å². The summed E-state index contributed by atoms with van der Waals surface area (Å²) in [5, 5.41) is 26.2. The maximum Gasteiger partial charge on any atom is 0.178 e. The van der Waals surface area contributed by atoms with Crippen molar-refractivity contribution < 1.29 is 28.2 Å². The number of Topliss-reactive ketones (excluding diaryl/α,β-unsaturated/α-hetero) is 2. The highest BCUT2D eigenvalue weighted by Gasteiger charge is 2.64. The molecule has 1 aromatic rings. The van der Waals surface area contributed by atoms with Crippen LogP contribution < -0.4 is 0 Å². The first-order chi connectivity index (χ1) is 28.2. The molecule has 0 bridgehead atoms. The Labute approximate surface area is 378 Å². The normalized spacial score (nSPS) is 47.4. The minimum Gasteiger partial charge on any atom is -0.390 e. The van der Waals surface area contributed by atoms with E-state index in [1.165, 1.54) is 94.0 Å². The molecule has 8 fully saturated rings. The Balaban J connectivity index is 0.000000187. The average molecular weight is 932 g/mol. The first-order valence-electron chi connectivity index (χ1n) is 24.5. The van der Waals surface area contributed by atoms with Crippen molar-refractivity contribution in [3.63, 3.8) is 0 Å². The highest BCUT2D eigenvalue weighted by molar-refractivity contribution is 9.09. The Morgan fingerprint density at radius 1 is 0.689 bits per heavy atom. The van der Waals surface area contributed by atoms with Gasteiger partial charge in [0.2, 0.25) is 0 Å². The second kappa shape index (κ2) is 17.0. The third-order valence-electron chi connectivity index (χ3n) is 20.9. The number of aromatic nitrogens is 2. The van der Waals surface area contributed by atoms with E-state index >= 15 is 0 Å². The van der Waals surface area contributed by atoms with E-state index in [0.717, 1.165) is 81.5 Å². The van der Waals surface area contributed by atoms with E-state index in [9.17, 15) is 28.2 Å². The maximum absolute atomic E-state index is 13.5. The van der Waals surface area contributed by atoms with Crippen molar-refractivity contribution in [1.29, 1.82) is 0 Å². The fourth-order valence-corrected chi connectivity index (χ4v) is 18.9. The number of rotatable bonds is 8. The quantitative estimate of drug-likeness (QED) is 0.249. The molecule has 346 valence electrons. The summed E-state index contributed by atoms with van der Waals surface area (Å²) in [5.41, 5.74) is 0.157. The molecule has 16 atom stereocenters. The Kier molecular flexibility index (Phi) is 13.3. The van der Waals surface area contributed by atoms with Crippen LogP contribution in [0.1, 0.15) is 177 Å². The molecule has 0 saturated heterocycles. The van der Waals surface area contributed by atoms with Crippen LogP contribution in [-0.2, 0) is 26.0 Å². The van der Waals surface area contributed by atoms with Gasteiger partial charge in [-0.25, -0.2) is 8.42 Å². The largest absolute Gasteiger partial charge is 0.390 e. The molecule has 0 radical (unpaired) electrons. The monoisotopic (exact) mass is 931 g/mol. The summed E-state index contributed by atoms with van der Waals surface area (Å²) in [4.78, 5) is 26.2. The van der Waals surface area contributed by atoms with Crippen molar-refractivity contribution >= 4 is 37.3 Å². The van der Waals surface area contributed by atoms with Gasteiger partial charge in [-0.1, -0.05) is 51.1 Å². The highest BCUT2D eigenvalue weighted by atomic mass is 79.9. The molecule has 1 heterocycles. The molecule has 0 unspecified atom stereocenters. The first-order valence-corrected chi connectivity index (χ1v) is 27.5. The summed E-state index contributed by atoms with van der Waals surface area (Å²) in [6, 6.07) is 0. The van der Waals surface area contributed by atoms with Gasteiger partial charge in [-0.2, -0.15) is 5.10 Å². The van der Waals surface area contributed by atoms with Crippen molar-refractivity contribution in [1.82, 2.24) is 9.78 Å². The molecular formula is C51H83BrN2O6S. The van der Waals surface area contributed by atoms with Gasteiger partial charge >= 0.3 is 0 Å². The number of hydrogen-bond donors (Lipinski definition) is 2. The Hall–Kier alpha value is -1.10. The molecule has 1 aromatic heterocycles. The Morgan fingerprint density at radius 2 is 1.15 bits per heavy atom. The topological polar surface area (TPSA) is 127 Å². The fraction of sp³-hybridized carbons (Fsp3) is 0.902. The van der Waals surface area contributed by atoms with Gasteiger partial charge in [0.25, 0.3) is 0 Å². The Bertz CT molecular complexity index is 1890. The standard InChI is InChI=1S/C27H42N2O4S.C23H37BrO2.CH4/c1-5-27-13-12-25(2,31)14-18(27)6-7-20-21-8-9-23(26(21,3)11-10-22(20)27)24(30)17-29-16-19(15-28-29)34(4,32)33;1-4-23-12-11-21(2,26)13-15(23)5-6-16-17-7-8-19(20(25)14-24)22(17,3)10-9-18(16)23;/h15-16,18,20-23,31H,5-14,17H2,1-4H3;15-19,26H,4-14H2,1-3H3;1H4/t18-,20-,21-,22-,23+,25+,26-,27-;15-,16-,17-,18-,19+,21+,22-,23-;/m00./s1. The van der Waals surface area contributed by atoms with Gasteiger partial charge in [-0.05, 0) is 211 Å². The third-order valence-corrected chi connectivity index (χ3v) is 22.5. The minimum absolute atomic E-state index is 0. The summed E-state index contributed by atoms with van der Waals surface area (Å²) in [5.74, 6) is 6.73. The van der Waals surface area contributed by atoms with Crippen LogP contribution in [0.2, 0.25) is 0 Å². The molecule has 0 aromatic carbocycles. The van der Waals surface area contributed by atoms with Gasteiger partial charge in [0.05, 0.1) is 29.3 Å². The number of fused-ring (bicyclic) bond motifs is 10. The summed E-state index contributed by atoms with van der Waals surface area (Å²) in [7, 11) is -3.32. The van der Waals surface area contributed by atoms with Crippen molar-refractivity contribution in [3.05, 3.63) is 12.4 Å². The van der Waals surface area contributed by atoms with Crippen molar-refractivity contribution in [3.8, 4) is 0 Å². The molecule has 8 saturated carbocycles. The second-order valence-electron chi connectivity index (χ2n) is 23.4. The van der Waals surface area contributed by atoms with E-state index < -0.39 is 21.0 Å². The van der Waals surface area contributed by atoms with E-state index in [-0.39, 0.29) is 47.3 Å². The van der Waals surface area contributed by atoms with Crippen molar-refractivity contribution in [2.24, 2.45) is 80.8 Å². The van der Waals surface area contributed by atoms with Crippen molar-refractivity contribution in [2.75, 3.05) is 11.6 Å². The molecule has 8 nitrogen and oxygen atoms in total. The van der Waals surface area contributed by atoms with Crippen LogP contribution >= 0.6 is 15.9 Å². The van der Waals surface area contributed by atoms with Gasteiger partial charge in [-0.15, -0.1) is 0 Å². The maximum atomic E-state index is 13.5. The molecule has 9 rings (SSSR count). The number of halogens is 1. The van der Waals surface area contributed by atoms with E-state index in [1.807, 2.05) is 6.92 Å². The van der Waals surface area contributed by atoms with Crippen LogP contribution in [0.15, 0.2) is 17.3 Å². The van der Waals surface area contributed by atoms with Crippen LogP contribution in [0, 0.1) is 80.8 Å². The van der Waals surface area contributed by atoms with E-state index in [2.05, 4.69) is 55.6 Å². The molecular weight excluding hydrogens is 849 g/mol. The second-order valence-corrected chi connectivity index (χ2v) is 26.0. The molecule has 61 heavy (non-hydrogen) atoms. The van der Waals surface area contributed by atoms with Crippen LogP contribution in [-0.4, -0.2) is 62.8 Å². The number of carbonyl (C=O) groups is 2.